The van der Waals surface area contributed by atoms with Crippen molar-refractivity contribution in [3.63, 3.8) is 0 Å². The first-order chi connectivity index (χ1) is 14.8. The van der Waals surface area contributed by atoms with Crippen LogP contribution < -0.4 is 5.32 Å². The van der Waals surface area contributed by atoms with Crippen molar-refractivity contribution in [1.82, 2.24) is 10.2 Å². The minimum absolute atomic E-state index is 0.0181. The molecule has 168 valence electrons. The summed E-state index contributed by atoms with van der Waals surface area (Å²) in [5.74, 6) is 1.00. The predicted molar refractivity (Wildman–Crippen MR) is 134 cm³/mol. The Balaban J connectivity index is 2.05. The average molecular weight is 506 g/mol. The summed E-state index contributed by atoms with van der Waals surface area (Å²) in [6, 6.07) is 13.8. The molecule has 0 heterocycles. The van der Waals surface area contributed by atoms with Crippen molar-refractivity contribution >= 4 is 39.5 Å². The van der Waals surface area contributed by atoms with Crippen LogP contribution in [-0.4, -0.2) is 35.1 Å². The first kappa shape index (κ1) is 25.5. The number of halogens is 1. The number of hydrogen-bond acceptors (Lipinski definition) is 3. The first-order valence-corrected chi connectivity index (χ1v) is 12.7. The molecule has 0 aliphatic carbocycles. The molecule has 0 spiro atoms. The van der Waals surface area contributed by atoms with Gasteiger partial charge in [0.15, 0.2) is 0 Å². The Labute approximate surface area is 199 Å². The van der Waals surface area contributed by atoms with E-state index >= 15 is 0 Å². The van der Waals surface area contributed by atoms with Crippen LogP contribution in [0.25, 0.3) is 0 Å². The van der Waals surface area contributed by atoms with Gasteiger partial charge < -0.3 is 10.2 Å². The second-order valence-corrected chi connectivity index (χ2v) is 9.86. The largest absolute Gasteiger partial charge is 0.354 e. The minimum atomic E-state index is -0.519. The lowest BCUT2D eigenvalue weighted by Crippen LogP contribution is -2.48. The molecular formula is C25H33BrN2O2S. The molecule has 0 radical (unpaired) electrons. The van der Waals surface area contributed by atoms with Gasteiger partial charge in [0.2, 0.25) is 11.8 Å². The summed E-state index contributed by atoms with van der Waals surface area (Å²) < 4.78 is 0.989. The highest BCUT2D eigenvalue weighted by atomic mass is 79.9. The van der Waals surface area contributed by atoms with Crippen LogP contribution in [0.4, 0.5) is 0 Å². The van der Waals surface area contributed by atoms with Gasteiger partial charge >= 0.3 is 0 Å². The Hall–Kier alpha value is -1.79. The molecular weight excluding hydrogens is 472 g/mol. The number of unbranched alkanes of at least 4 members (excludes halogenated alkanes) is 1. The fourth-order valence-corrected chi connectivity index (χ4v) is 4.51. The number of nitrogens with zero attached hydrogens (tertiary/aromatic N) is 1. The summed E-state index contributed by atoms with van der Waals surface area (Å²) in [5.41, 5.74) is 4.69. The number of amides is 2. The second kappa shape index (κ2) is 12.9. The number of carbonyl (C=O) groups excluding carboxylic acids is 2. The van der Waals surface area contributed by atoms with Crippen molar-refractivity contribution < 1.29 is 9.59 Å². The van der Waals surface area contributed by atoms with E-state index in [0.29, 0.717) is 18.8 Å². The molecule has 0 saturated heterocycles. The molecule has 2 rings (SSSR count). The van der Waals surface area contributed by atoms with Crippen molar-refractivity contribution in [3.8, 4) is 0 Å². The third kappa shape index (κ3) is 8.69. The highest BCUT2D eigenvalue weighted by Gasteiger charge is 2.25. The Morgan fingerprint density at radius 1 is 1.06 bits per heavy atom. The highest BCUT2D eigenvalue weighted by molar-refractivity contribution is 9.10. The van der Waals surface area contributed by atoms with E-state index in [0.717, 1.165) is 28.6 Å². The molecule has 0 bridgehead atoms. The summed E-state index contributed by atoms with van der Waals surface area (Å²) in [6.07, 6.45) is 1.95. The smallest absolute Gasteiger partial charge is 0.242 e. The Morgan fingerprint density at radius 3 is 2.32 bits per heavy atom. The summed E-state index contributed by atoms with van der Waals surface area (Å²) in [4.78, 5) is 27.5. The second-order valence-electron chi connectivity index (χ2n) is 7.96. The van der Waals surface area contributed by atoms with E-state index in [4.69, 9.17) is 0 Å². The number of nitrogens with one attached hydrogen (secondary N) is 1. The maximum Gasteiger partial charge on any atom is 0.242 e. The number of hydrogen-bond donors (Lipinski definition) is 1. The van der Waals surface area contributed by atoms with Crippen molar-refractivity contribution in [2.24, 2.45) is 0 Å². The van der Waals surface area contributed by atoms with E-state index in [1.54, 1.807) is 16.7 Å². The zero-order chi connectivity index (χ0) is 22.8. The fourth-order valence-electron chi connectivity index (χ4n) is 3.40. The molecule has 0 saturated carbocycles. The zero-order valence-electron chi connectivity index (χ0n) is 18.9. The molecule has 0 aliphatic rings. The van der Waals surface area contributed by atoms with Gasteiger partial charge in [0.05, 0.1) is 5.75 Å². The van der Waals surface area contributed by atoms with Crippen LogP contribution in [-0.2, 0) is 21.9 Å². The molecule has 2 aromatic rings. The molecule has 0 aliphatic heterocycles. The summed E-state index contributed by atoms with van der Waals surface area (Å²) in [7, 11) is 0. The third-order valence-electron chi connectivity index (χ3n) is 5.04. The molecule has 31 heavy (non-hydrogen) atoms. The normalized spacial score (nSPS) is 11.8. The lowest BCUT2D eigenvalue weighted by molar-refractivity contribution is -0.138. The van der Waals surface area contributed by atoms with Crippen LogP contribution in [0.1, 0.15) is 48.9 Å². The Morgan fingerprint density at radius 2 is 1.71 bits per heavy atom. The third-order valence-corrected chi connectivity index (χ3v) is 6.56. The van der Waals surface area contributed by atoms with Crippen molar-refractivity contribution in [3.05, 3.63) is 69.2 Å². The fraction of sp³-hybridized carbons (Fsp3) is 0.440. The quantitative estimate of drug-likeness (QED) is 0.403. The van der Waals surface area contributed by atoms with Crippen LogP contribution in [0.15, 0.2) is 46.9 Å². The molecule has 6 heteroatoms. The summed E-state index contributed by atoms with van der Waals surface area (Å²) in [6.45, 7) is 9.13. The van der Waals surface area contributed by atoms with Crippen LogP contribution >= 0.6 is 27.7 Å². The maximum absolute atomic E-state index is 13.1. The minimum Gasteiger partial charge on any atom is -0.354 e. The van der Waals surface area contributed by atoms with E-state index in [1.165, 1.54) is 16.7 Å². The molecule has 1 atom stereocenters. The van der Waals surface area contributed by atoms with Gasteiger partial charge in [-0.3, -0.25) is 9.59 Å². The van der Waals surface area contributed by atoms with Crippen molar-refractivity contribution in [2.75, 3.05) is 12.3 Å². The number of rotatable bonds is 11. The highest BCUT2D eigenvalue weighted by Crippen LogP contribution is 2.19. The monoisotopic (exact) mass is 504 g/mol. The van der Waals surface area contributed by atoms with Gasteiger partial charge in [0.25, 0.3) is 0 Å². The molecule has 2 amide bonds. The van der Waals surface area contributed by atoms with Crippen LogP contribution in [0.2, 0.25) is 0 Å². The van der Waals surface area contributed by atoms with E-state index in [2.05, 4.69) is 60.2 Å². The van der Waals surface area contributed by atoms with Crippen LogP contribution in [0, 0.1) is 13.8 Å². The number of benzene rings is 2. The molecule has 1 N–H and O–H groups in total. The van der Waals surface area contributed by atoms with Gasteiger partial charge in [-0.2, -0.15) is 0 Å². The van der Waals surface area contributed by atoms with E-state index in [1.807, 2.05) is 31.2 Å². The number of aryl methyl sites for hydroxylation is 2. The number of thioether (sulfide) groups is 1. The van der Waals surface area contributed by atoms with E-state index < -0.39 is 6.04 Å². The van der Waals surface area contributed by atoms with Crippen molar-refractivity contribution in [2.45, 2.75) is 58.9 Å². The van der Waals surface area contributed by atoms with E-state index in [9.17, 15) is 9.59 Å². The molecule has 0 fully saturated rings. The van der Waals surface area contributed by atoms with Gasteiger partial charge in [-0.15, -0.1) is 11.8 Å². The van der Waals surface area contributed by atoms with Crippen LogP contribution in [0.3, 0.4) is 0 Å². The van der Waals surface area contributed by atoms with Gasteiger partial charge in [-0.1, -0.05) is 70.7 Å². The van der Waals surface area contributed by atoms with Gasteiger partial charge in [0.1, 0.15) is 6.04 Å². The van der Waals surface area contributed by atoms with Gasteiger partial charge in [-0.25, -0.2) is 0 Å². The maximum atomic E-state index is 13.1. The SMILES string of the molecule is CCCCNC(=O)[C@@H](C)N(Cc1ccc(Br)cc1)C(=O)CSCc1cc(C)cc(C)c1. The summed E-state index contributed by atoms with van der Waals surface area (Å²) >= 11 is 5.04. The summed E-state index contributed by atoms with van der Waals surface area (Å²) in [5, 5.41) is 2.96. The predicted octanol–water partition coefficient (Wildman–Crippen LogP) is 5.63. The van der Waals surface area contributed by atoms with Crippen molar-refractivity contribution in [1.29, 1.82) is 0 Å². The Bertz CT molecular complexity index is 850. The zero-order valence-corrected chi connectivity index (χ0v) is 21.3. The first-order valence-electron chi connectivity index (χ1n) is 10.8. The average Bonchev–Trinajstić information content (AvgIpc) is 2.72. The van der Waals surface area contributed by atoms with Gasteiger partial charge in [-0.05, 0) is 50.5 Å². The lowest BCUT2D eigenvalue weighted by Gasteiger charge is -2.29. The molecule has 2 aromatic carbocycles. The van der Waals surface area contributed by atoms with Crippen LogP contribution in [0.5, 0.6) is 0 Å². The standard InChI is InChI=1S/C25H33BrN2O2S/c1-5-6-11-27-25(30)20(4)28(15-21-7-9-23(26)10-8-21)24(29)17-31-16-22-13-18(2)12-19(3)14-22/h7-10,12-14,20H,5-6,11,15-17H2,1-4H3,(H,27,30)/t20-/m1/s1. The topological polar surface area (TPSA) is 49.4 Å². The van der Waals surface area contributed by atoms with Gasteiger partial charge in [0, 0.05) is 23.3 Å². The Kier molecular flexibility index (Phi) is 10.6. The molecule has 0 aromatic heterocycles. The molecule has 4 nitrogen and oxygen atoms in total. The number of carbonyl (C=O) groups is 2. The lowest BCUT2D eigenvalue weighted by atomic mass is 10.1. The molecule has 0 unspecified atom stereocenters. The van der Waals surface area contributed by atoms with E-state index in [-0.39, 0.29) is 11.8 Å².